The predicted octanol–water partition coefficient (Wildman–Crippen LogP) is 0.872. The van der Waals surface area contributed by atoms with E-state index in [1.807, 2.05) is 0 Å². The molecule has 0 spiro atoms. The van der Waals surface area contributed by atoms with Crippen LogP contribution in [0.1, 0.15) is 0 Å². The second-order valence-corrected chi connectivity index (χ2v) is 2.30. The minimum Gasteiger partial charge on any atom is -0.455 e. The molecule has 0 saturated carbocycles. The lowest BCUT2D eigenvalue weighted by molar-refractivity contribution is 0.262. The van der Waals surface area contributed by atoms with Crippen LogP contribution in [0.15, 0.2) is 18.2 Å². The van der Waals surface area contributed by atoms with Crippen LogP contribution in [0.2, 0.25) is 0 Å². The molecule has 0 bridgehead atoms. The lowest BCUT2D eigenvalue weighted by Crippen LogP contribution is -2.30. The maximum atomic E-state index is 12.9. The van der Waals surface area contributed by atoms with Crippen LogP contribution in [0, 0.1) is 5.82 Å². The zero-order valence-corrected chi connectivity index (χ0v) is 5.67. The highest BCUT2D eigenvalue weighted by atomic mass is 19.1. The standard InChI is InChI=1S/C7H7FN2O/c8-4-2-1-3-5-6(4)10-7(9)11-5/h1-3,7,10H,9H2. The van der Waals surface area contributed by atoms with Crippen LogP contribution in [0.25, 0.3) is 0 Å². The Balaban J connectivity index is 2.49. The molecule has 3 N–H and O–H groups in total. The Labute approximate surface area is 63.0 Å². The number of anilines is 1. The van der Waals surface area contributed by atoms with Gasteiger partial charge < -0.3 is 10.1 Å². The summed E-state index contributed by atoms with van der Waals surface area (Å²) in [4.78, 5) is 0. The van der Waals surface area contributed by atoms with E-state index in [9.17, 15) is 4.39 Å². The van der Waals surface area contributed by atoms with Crippen molar-refractivity contribution in [2.45, 2.75) is 6.35 Å². The van der Waals surface area contributed by atoms with Crippen LogP contribution < -0.4 is 15.8 Å². The third-order valence-corrected chi connectivity index (χ3v) is 1.52. The number of ether oxygens (including phenoxy) is 1. The summed E-state index contributed by atoms with van der Waals surface area (Å²) in [6.07, 6.45) is -0.623. The van der Waals surface area contributed by atoms with E-state index >= 15 is 0 Å². The van der Waals surface area contributed by atoms with Crippen molar-refractivity contribution in [2.75, 3.05) is 5.32 Å². The lowest BCUT2D eigenvalue weighted by Gasteiger charge is -2.00. The molecule has 0 fully saturated rings. The average Bonchev–Trinajstić information content (AvgIpc) is 2.31. The van der Waals surface area contributed by atoms with Gasteiger partial charge in [-0.15, -0.1) is 0 Å². The fourth-order valence-corrected chi connectivity index (χ4v) is 1.05. The van der Waals surface area contributed by atoms with Gasteiger partial charge in [-0.2, -0.15) is 0 Å². The molecule has 1 aromatic rings. The first kappa shape index (κ1) is 6.42. The molecule has 2 rings (SSSR count). The van der Waals surface area contributed by atoms with Crippen molar-refractivity contribution in [3.8, 4) is 5.75 Å². The molecule has 1 unspecified atom stereocenters. The molecular weight excluding hydrogens is 147 g/mol. The number of halogens is 1. The van der Waals surface area contributed by atoms with E-state index in [0.717, 1.165) is 0 Å². The number of benzene rings is 1. The van der Waals surface area contributed by atoms with E-state index < -0.39 is 6.35 Å². The van der Waals surface area contributed by atoms with E-state index in [0.29, 0.717) is 11.4 Å². The van der Waals surface area contributed by atoms with Gasteiger partial charge in [0.25, 0.3) is 0 Å². The highest BCUT2D eigenvalue weighted by Gasteiger charge is 2.20. The van der Waals surface area contributed by atoms with E-state index in [1.54, 1.807) is 12.1 Å². The number of nitrogens with two attached hydrogens (primary N) is 1. The minimum absolute atomic E-state index is 0.338. The van der Waals surface area contributed by atoms with Gasteiger partial charge in [0.05, 0.1) is 0 Å². The second kappa shape index (κ2) is 2.10. The quantitative estimate of drug-likeness (QED) is 0.583. The molecule has 1 heterocycles. The van der Waals surface area contributed by atoms with Crippen molar-refractivity contribution in [1.82, 2.24) is 0 Å². The molecule has 1 aromatic carbocycles. The van der Waals surface area contributed by atoms with E-state index in [-0.39, 0.29) is 5.82 Å². The molecule has 58 valence electrons. The zero-order chi connectivity index (χ0) is 7.84. The van der Waals surface area contributed by atoms with Crippen molar-refractivity contribution in [3.63, 3.8) is 0 Å². The van der Waals surface area contributed by atoms with Gasteiger partial charge in [-0.05, 0) is 12.1 Å². The van der Waals surface area contributed by atoms with Crippen molar-refractivity contribution < 1.29 is 9.13 Å². The fraction of sp³-hybridized carbons (Fsp3) is 0.143. The Bertz CT molecular complexity index is 290. The van der Waals surface area contributed by atoms with E-state index in [4.69, 9.17) is 10.5 Å². The first-order valence-electron chi connectivity index (χ1n) is 3.24. The first-order chi connectivity index (χ1) is 5.27. The average molecular weight is 154 g/mol. The number of nitrogens with one attached hydrogen (secondary N) is 1. The maximum Gasteiger partial charge on any atom is 0.225 e. The summed E-state index contributed by atoms with van der Waals surface area (Å²) < 4.78 is 17.9. The maximum absolute atomic E-state index is 12.9. The molecular formula is C7H7FN2O. The van der Waals surface area contributed by atoms with Crippen LogP contribution in [0.4, 0.5) is 10.1 Å². The number of para-hydroxylation sites is 1. The zero-order valence-electron chi connectivity index (χ0n) is 5.67. The normalized spacial score (nSPS) is 20.4. The Hall–Kier alpha value is -1.29. The van der Waals surface area contributed by atoms with Gasteiger partial charge in [0.2, 0.25) is 6.35 Å². The topological polar surface area (TPSA) is 47.3 Å². The monoisotopic (exact) mass is 154 g/mol. The van der Waals surface area contributed by atoms with Gasteiger partial charge in [0.1, 0.15) is 17.3 Å². The molecule has 1 aliphatic heterocycles. The first-order valence-corrected chi connectivity index (χ1v) is 3.24. The van der Waals surface area contributed by atoms with E-state index in [2.05, 4.69) is 5.32 Å². The Kier molecular flexibility index (Phi) is 1.22. The molecule has 0 radical (unpaired) electrons. The number of hydrogen-bond acceptors (Lipinski definition) is 3. The largest absolute Gasteiger partial charge is 0.455 e. The molecule has 1 aliphatic rings. The summed E-state index contributed by atoms with van der Waals surface area (Å²) >= 11 is 0. The van der Waals surface area contributed by atoms with Gasteiger partial charge in [0, 0.05) is 0 Å². The molecule has 3 nitrogen and oxygen atoms in total. The van der Waals surface area contributed by atoms with Crippen molar-refractivity contribution in [1.29, 1.82) is 0 Å². The van der Waals surface area contributed by atoms with Crippen molar-refractivity contribution in [3.05, 3.63) is 24.0 Å². The van der Waals surface area contributed by atoms with Crippen molar-refractivity contribution in [2.24, 2.45) is 5.73 Å². The molecule has 4 heteroatoms. The summed E-state index contributed by atoms with van der Waals surface area (Å²) in [5.74, 6) is 0.132. The molecule has 1 atom stereocenters. The molecule has 11 heavy (non-hydrogen) atoms. The highest BCUT2D eigenvalue weighted by molar-refractivity contribution is 5.60. The van der Waals surface area contributed by atoms with Crippen LogP contribution in [-0.4, -0.2) is 6.35 Å². The van der Waals surface area contributed by atoms with Crippen LogP contribution in [-0.2, 0) is 0 Å². The second-order valence-electron chi connectivity index (χ2n) is 2.30. The van der Waals surface area contributed by atoms with Gasteiger partial charge in [-0.25, -0.2) is 4.39 Å². The summed E-state index contributed by atoms with van der Waals surface area (Å²) in [5, 5.41) is 2.65. The van der Waals surface area contributed by atoms with Crippen LogP contribution in [0.5, 0.6) is 5.75 Å². The van der Waals surface area contributed by atoms with Crippen molar-refractivity contribution >= 4 is 5.69 Å². The summed E-state index contributed by atoms with van der Waals surface area (Å²) in [6.45, 7) is 0. The Morgan fingerprint density at radius 3 is 3.09 bits per heavy atom. The van der Waals surface area contributed by atoms with Gasteiger partial charge in [0.15, 0.2) is 0 Å². The Morgan fingerprint density at radius 1 is 1.55 bits per heavy atom. The van der Waals surface area contributed by atoms with E-state index in [1.165, 1.54) is 6.07 Å². The minimum atomic E-state index is -0.623. The summed E-state index contributed by atoms with van der Waals surface area (Å²) in [6, 6.07) is 4.60. The summed E-state index contributed by atoms with van der Waals surface area (Å²) in [7, 11) is 0. The van der Waals surface area contributed by atoms with Gasteiger partial charge in [-0.3, -0.25) is 5.73 Å². The molecule has 0 saturated heterocycles. The van der Waals surface area contributed by atoms with Crippen LogP contribution >= 0.6 is 0 Å². The fourth-order valence-electron chi connectivity index (χ4n) is 1.05. The SMILES string of the molecule is NC1Nc2c(F)cccc2O1. The highest BCUT2D eigenvalue weighted by Crippen LogP contribution is 2.32. The Morgan fingerprint density at radius 2 is 2.36 bits per heavy atom. The molecule has 0 aliphatic carbocycles. The molecule has 0 amide bonds. The van der Waals surface area contributed by atoms with Gasteiger partial charge in [-0.1, -0.05) is 6.07 Å². The van der Waals surface area contributed by atoms with Gasteiger partial charge >= 0.3 is 0 Å². The third-order valence-electron chi connectivity index (χ3n) is 1.52. The number of fused-ring (bicyclic) bond motifs is 1. The summed E-state index contributed by atoms with van der Waals surface area (Å²) in [5.41, 5.74) is 5.70. The smallest absolute Gasteiger partial charge is 0.225 e. The predicted molar refractivity (Wildman–Crippen MR) is 38.6 cm³/mol. The third kappa shape index (κ3) is 0.914. The molecule has 0 aromatic heterocycles. The lowest BCUT2D eigenvalue weighted by atomic mass is 10.3. The van der Waals surface area contributed by atoms with Crippen LogP contribution in [0.3, 0.4) is 0 Å². The number of rotatable bonds is 0. The number of hydrogen-bond donors (Lipinski definition) is 2.